The topological polar surface area (TPSA) is 88.8 Å². The minimum atomic E-state index is 0.00781. The predicted molar refractivity (Wildman–Crippen MR) is 120 cm³/mol. The molecule has 1 aliphatic heterocycles. The number of hydrogen-bond acceptors (Lipinski definition) is 6. The van der Waals surface area contributed by atoms with Crippen LogP contribution in [0, 0.1) is 5.92 Å². The Labute approximate surface area is 189 Å². The molecular formula is C24H34N4O4. The van der Waals surface area contributed by atoms with E-state index >= 15 is 0 Å². The van der Waals surface area contributed by atoms with Crippen LogP contribution in [0.4, 0.5) is 0 Å². The molecule has 1 aliphatic rings. The highest BCUT2D eigenvalue weighted by molar-refractivity contribution is 5.77. The summed E-state index contributed by atoms with van der Waals surface area (Å²) in [5.41, 5.74) is 1.11. The van der Waals surface area contributed by atoms with Crippen LogP contribution in [0.3, 0.4) is 0 Å². The molecule has 0 saturated carbocycles. The summed E-state index contributed by atoms with van der Waals surface area (Å²) in [6, 6.07) is 7.82. The van der Waals surface area contributed by atoms with Gasteiger partial charge in [-0.2, -0.15) is 4.98 Å². The molecule has 2 aromatic rings. The molecule has 8 heteroatoms. The molecule has 1 aromatic carbocycles. The molecule has 0 N–H and O–H groups in total. The maximum Gasteiger partial charge on any atom is 0.226 e. The Hall–Kier alpha value is -2.90. The number of nitrogens with zero attached hydrogens (tertiary/aromatic N) is 4. The minimum Gasteiger partial charge on any atom is -0.497 e. The van der Waals surface area contributed by atoms with Gasteiger partial charge >= 0.3 is 0 Å². The van der Waals surface area contributed by atoms with E-state index in [1.54, 1.807) is 14.0 Å². The van der Waals surface area contributed by atoms with E-state index in [9.17, 15) is 9.59 Å². The number of likely N-dealkylation sites (tertiary alicyclic amines) is 1. The Morgan fingerprint density at radius 2 is 2.00 bits per heavy atom. The second-order valence-electron chi connectivity index (χ2n) is 8.80. The molecule has 0 radical (unpaired) electrons. The summed E-state index contributed by atoms with van der Waals surface area (Å²) in [7, 11) is 1.64. The van der Waals surface area contributed by atoms with Gasteiger partial charge in [-0.3, -0.25) is 9.59 Å². The zero-order valence-corrected chi connectivity index (χ0v) is 19.5. The Kier molecular flexibility index (Phi) is 8.25. The normalized spacial score (nSPS) is 15.9. The number of carbonyl (C=O) groups is 2. The van der Waals surface area contributed by atoms with Gasteiger partial charge in [0.2, 0.25) is 17.7 Å². The van der Waals surface area contributed by atoms with Gasteiger partial charge in [0.05, 0.1) is 13.2 Å². The van der Waals surface area contributed by atoms with Crippen LogP contribution in [0.2, 0.25) is 0 Å². The second kappa shape index (κ2) is 11.1. The zero-order chi connectivity index (χ0) is 23.1. The molecule has 0 bridgehead atoms. The lowest BCUT2D eigenvalue weighted by atomic mass is 10.1. The Balaban J connectivity index is 1.49. The first kappa shape index (κ1) is 23.8. The van der Waals surface area contributed by atoms with E-state index in [4.69, 9.17) is 9.26 Å². The van der Waals surface area contributed by atoms with Crippen molar-refractivity contribution in [3.05, 3.63) is 41.5 Å². The number of aryl methyl sites for hydroxylation is 1. The van der Waals surface area contributed by atoms with Gasteiger partial charge in [0.25, 0.3) is 0 Å². The molecule has 0 aliphatic carbocycles. The van der Waals surface area contributed by atoms with Gasteiger partial charge in [-0.05, 0) is 36.5 Å². The van der Waals surface area contributed by atoms with E-state index in [0.717, 1.165) is 24.2 Å². The number of aromatic nitrogens is 2. The summed E-state index contributed by atoms with van der Waals surface area (Å²) in [4.78, 5) is 33.1. The van der Waals surface area contributed by atoms with Gasteiger partial charge in [0.15, 0.2) is 5.82 Å². The van der Waals surface area contributed by atoms with Crippen molar-refractivity contribution in [1.29, 1.82) is 0 Å². The van der Waals surface area contributed by atoms with Crippen molar-refractivity contribution in [3.8, 4) is 5.75 Å². The van der Waals surface area contributed by atoms with Crippen molar-refractivity contribution in [2.75, 3.05) is 26.7 Å². The van der Waals surface area contributed by atoms with Gasteiger partial charge < -0.3 is 19.1 Å². The molecule has 1 saturated heterocycles. The van der Waals surface area contributed by atoms with E-state index in [2.05, 4.69) is 24.0 Å². The summed E-state index contributed by atoms with van der Waals surface area (Å²) in [6.45, 7) is 7.56. The van der Waals surface area contributed by atoms with Gasteiger partial charge in [-0.25, -0.2) is 0 Å². The van der Waals surface area contributed by atoms with Crippen molar-refractivity contribution >= 4 is 11.8 Å². The lowest BCUT2D eigenvalue weighted by molar-refractivity contribution is -0.133. The molecule has 3 rings (SSSR count). The number of carbonyl (C=O) groups excluding carboxylic acids is 2. The zero-order valence-electron chi connectivity index (χ0n) is 19.5. The average Bonchev–Trinajstić information content (AvgIpc) is 3.42. The van der Waals surface area contributed by atoms with E-state index in [-0.39, 0.29) is 17.9 Å². The number of benzene rings is 1. The number of rotatable bonds is 10. The fraction of sp³-hybridized carbons (Fsp3) is 0.583. The molecule has 1 unspecified atom stereocenters. The first-order valence-corrected chi connectivity index (χ1v) is 11.3. The molecule has 0 spiro atoms. The second-order valence-corrected chi connectivity index (χ2v) is 8.80. The lowest BCUT2D eigenvalue weighted by Gasteiger charge is -2.27. The monoisotopic (exact) mass is 442 g/mol. The highest BCUT2D eigenvalue weighted by atomic mass is 16.5. The Morgan fingerprint density at radius 1 is 1.25 bits per heavy atom. The van der Waals surface area contributed by atoms with Crippen LogP contribution in [0.15, 0.2) is 28.8 Å². The van der Waals surface area contributed by atoms with Gasteiger partial charge in [-0.15, -0.1) is 0 Å². The molecule has 2 heterocycles. The fourth-order valence-corrected chi connectivity index (χ4v) is 4.07. The van der Waals surface area contributed by atoms with Crippen molar-refractivity contribution < 1.29 is 18.8 Å². The Morgan fingerprint density at radius 3 is 2.66 bits per heavy atom. The molecule has 2 amide bonds. The van der Waals surface area contributed by atoms with Gasteiger partial charge in [-0.1, -0.05) is 31.1 Å². The summed E-state index contributed by atoms with van der Waals surface area (Å²) in [5.74, 6) is 2.65. The van der Waals surface area contributed by atoms with Crippen LogP contribution < -0.4 is 4.74 Å². The Bertz CT molecular complexity index is 894. The van der Waals surface area contributed by atoms with E-state index in [0.29, 0.717) is 56.5 Å². The predicted octanol–water partition coefficient (Wildman–Crippen LogP) is 2.90. The third-order valence-electron chi connectivity index (χ3n) is 5.82. The van der Waals surface area contributed by atoms with Crippen molar-refractivity contribution in [1.82, 2.24) is 19.9 Å². The van der Waals surface area contributed by atoms with Crippen LogP contribution in [-0.2, 0) is 28.9 Å². The molecule has 1 aromatic heterocycles. The molecule has 174 valence electrons. The third kappa shape index (κ3) is 6.55. The maximum absolute atomic E-state index is 12.7. The summed E-state index contributed by atoms with van der Waals surface area (Å²) in [6.07, 6.45) is 3.24. The standard InChI is InChI=1S/C24H34N4O4/c1-17(2)15-23-25-22(26-32-23)12-14-28(18(3)29)20-11-13-27(16-20)24(30)10-7-19-5-8-21(31-4)9-6-19/h5-6,8-9,17,20H,7,10-16H2,1-4H3. The smallest absolute Gasteiger partial charge is 0.226 e. The van der Waals surface area contributed by atoms with Crippen LogP contribution in [0.5, 0.6) is 5.75 Å². The van der Waals surface area contributed by atoms with Crippen LogP contribution in [-0.4, -0.2) is 64.5 Å². The minimum absolute atomic E-state index is 0.00781. The first-order valence-electron chi connectivity index (χ1n) is 11.3. The summed E-state index contributed by atoms with van der Waals surface area (Å²) < 4.78 is 10.5. The highest BCUT2D eigenvalue weighted by Crippen LogP contribution is 2.19. The molecule has 8 nitrogen and oxygen atoms in total. The molecular weight excluding hydrogens is 408 g/mol. The number of ether oxygens (including phenoxy) is 1. The first-order chi connectivity index (χ1) is 15.4. The highest BCUT2D eigenvalue weighted by Gasteiger charge is 2.31. The van der Waals surface area contributed by atoms with Crippen molar-refractivity contribution in [2.45, 2.75) is 58.9 Å². The van der Waals surface area contributed by atoms with Gasteiger partial charge in [0.1, 0.15) is 5.75 Å². The number of methoxy groups -OCH3 is 1. The van der Waals surface area contributed by atoms with E-state index in [1.165, 1.54) is 0 Å². The average molecular weight is 443 g/mol. The lowest BCUT2D eigenvalue weighted by Crippen LogP contribution is -2.42. The van der Waals surface area contributed by atoms with E-state index < -0.39 is 0 Å². The summed E-state index contributed by atoms with van der Waals surface area (Å²) in [5, 5.41) is 4.04. The van der Waals surface area contributed by atoms with E-state index in [1.807, 2.05) is 34.1 Å². The third-order valence-corrected chi connectivity index (χ3v) is 5.82. The van der Waals surface area contributed by atoms with Crippen molar-refractivity contribution in [2.24, 2.45) is 5.92 Å². The maximum atomic E-state index is 12.7. The summed E-state index contributed by atoms with van der Waals surface area (Å²) >= 11 is 0. The molecule has 1 atom stereocenters. The number of amides is 2. The quantitative estimate of drug-likeness (QED) is 0.562. The number of hydrogen-bond donors (Lipinski definition) is 0. The van der Waals surface area contributed by atoms with Crippen LogP contribution >= 0.6 is 0 Å². The largest absolute Gasteiger partial charge is 0.497 e. The van der Waals surface area contributed by atoms with Crippen LogP contribution in [0.1, 0.15) is 50.9 Å². The fourth-order valence-electron chi connectivity index (χ4n) is 4.07. The SMILES string of the molecule is COc1ccc(CCC(=O)N2CCC(N(CCc3noc(CC(C)C)n3)C(C)=O)C2)cc1. The van der Waals surface area contributed by atoms with Crippen molar-refractivity contribution in [3.63, 3.8) is 0 Å². The van der Waals surface area contributed by atoms with Gasteiger partial charge in [0, 0.05) is 45.8 Å². The molecule has 32 heavy (non-hydrogen) atoms. The van der Waals surface area contributed by atoms with Crippen LogP contribution in [0.25, 0.3) is 0 Å². The molecule has 1 fully saturated rings.